The molecule has 1 atom stereocenters. The lowest BCUT2D eigenvalue weighted by Crippen LogP contribution is -2.40. The summed E-state index contributed by atoms with van der Waals surface area (Å²) in [6.07, 6.45) is 3.28. The van der Waals surface area contributed by atoms with Crippen molar-refractivity contribution in [2.45, 2.75) is 25.8 Å². The highest BCUT2D eigenvalue weighted by Gasteiger charge is 2.14. The van der Waals surface area contributed by atoms with Crippen molar-refractivity contribution < 1.29 is 17.9 Å². The quantitative estimate of drug-likeness (QED) is 0.217. The number of ether oxygens (including phenoxy) is 1. The van der Waals surface area contributed by atoms with E-state index in [1.807, 2.05) is 19.1 Å². The molecule has 0 amide bonds. The van der Waals surface area contributed by atoms with Crippen LogP contribution in [-0.2, 0) is 11.2 Å². The molecule has 3 rings (SSSR count). The van der Waals surface area contributed by atoms with E-state index in [2.05, 4.69) is 20.5 Å². The summed E-state index contributed by atoms with van der Waals surface area (Å²) < 4.78 is 38.1. The number of nitrogens with zero attached hydrogens (tertiary/aromatic N) is 2. The minimum absolute atomic E-state index is 0. The zero-order valence-electron chi connectivity index (χ0n) is 17.8. The second kappa shape index (κ2) is 13.6. The van der Waals surface area contributed by atoms with Crippen molar-refractivity contribution in [3.8, 4) is 0 Å². The van der Waals surface area contributed by atoms with Crippen LogP contribution in [0.4, 0.5) is 8.78 Å². The van der Waals surface area contributed by atoms with E-state index in [1.165, 1.54) is 12.1 Å². The fourth-order valence-corrected chi connectivity index (χ4v) is 3.36. The van der Waals surface area contributed by atoms with Gasteiger partial charge >= 0.3 is 0 Å². The van der Waals surface area contributed by atoms with Crippen LogP contribution < -0.4 is 10.6 Å². The Bertz CT molecular complexity index is 799. The van der Waals surface area contributed by atoms with Gasteiger partial charge in [0.05, 0.1) is 25.5 Å². The van der Waals surface area contributed by atoms with Crippen molar-refractivity contribution >= 4 is 29.9 Å². The molecule has 0 bridgehead atoms. The van der Waals surface area contributed by atoms with Gasteiger partial charge in [-0.2, -0.15) is 0 Å². The summed E-state index contributed by atoms with van der Waals surface area (Å²) >= 11 is 0. The van der Waals surface area contributed by atoms with Gasteiger partial charge in [-0.05, 0) is 31.5 Å². The molecule has 1 aromatic heterocycles. The fourth-order valence-electron chi connectivity index (χ4n) is 3.36. The van der Waals surface area contributed by atoms with Gasteiger partial charge in [-0.1, -0.05) is 6.07 Å². The van der Waals surface area contributed by atoms with E-state index in [0.717, 1.165) is 51.1 Å². The molecule has 0 saturated carbocycles. The first kappa shape index (κ1) is 25.5. The van der Waals surface area contributed by atoms with E-state index in [1.54, 1.807) is 6.26 Å². The van der Waals surface area contributed by atoms with Crippen molar-refractivity contribution in [2.75, 3.05) is 45.9 Å². The number of guanidine groups is 1. The third-order valence-electron chi connectivity index (χ3n) is 5.03. The predicted molar refractivity (Wildman–Crippen MR) is 128 cm³/mol. The molecule has 9 heteroatoms. The Morgan fingerprint density at radius 1 is 1.23 bits per heavy atom. The minimum Gasteiger partial charge on any atom is -0.469 e. The number of nitrogens with one attached hydrogen (secondary N) is 2. The number of aliphatic imine (C=N–C) groups is 1. The van der Waals surface area contributed by atoms with Crippen LogP contribution in [0.15, 0.2) is 46.0 Å². The zero-order valence-corrected chi connectivity index (χ0v) is 20.1. The van der Waals surface area contributed by atoms with Gasteiger partial charge in [0.25, 0.3) is 0 Å². The smallest absolute Gasteiger partial charge is 0.191 e. The molecule has 1 aliphatic rings. The summed E-state index contributed by atoms with van der Waals surface area (Å²) in [5.41, 5.74) is 0.394. The summed E-state index contributed by atoms with van der Waals surface area (Å²) in [6.45, 7) is 7.54. The molecule has 1 saturated heterocycles. The van der Waals surface area contributed by atoms with Crippen molar-refractivity contribution in [3.05, 3.63) is 59.6 Å². The van der Waals surface area contributed by atoms with Crippen molar-refractivity contribution in [2.24, 2.45) is 4.99 Å². The van der Waals surface area contributed by atoms with E-state index in [4.69, 9.17) is 9.15 Å². The van der Waals surface area contributed by atoms with E-state index in [0.29, 0.717) is 31.0 Å². The lowest BCUT2D eigenvalue weighted by atomic mass is 10.1. The molecule has 1 fully saturated rings. The maximum atomic E-state index is 14.1. The van der Waals surface area contributed by atoms with Crippen LogP contribution >= 0.6 is 24.0 Å². The molecule has 1 aromatic carbocycles. The van der Waals surface area contributed by atoms with Crippen LogP contribution in [0.25, 0.3) is 0 Å². The Hall–Kier alpha value is -1.72. The Morgan fingerprint density at radius 3 is 2.74 bits per heavy atom. The number of hydrogen-bond donors (Lipinski definition) is 2. The van der Waals surface area contributed by atoms with E-state index in [-0.39, 0.29) is 30.0 Å². The first-order valence-corrected chi connectivity index (χ1v) is 10.4. The molecule has 2 aromatic rings. The maximum Gasteiger partial charge on any atom is 0.191 e. The standard InChI is InChI=1S/C22H30F2N4O2.HI/c1-17(20-6-5-18(23)16-21(20)24)27-22(26-9-7-19-4-2-13-30-19)25-8-3-10-28-11-14-29-15-12-28;/h2,4-6,13,16-17H,3,7-12,14-15H2,1H3,(H2,25,26,27);1H. The number of furan rings is 1. The van der Waals surface area contributed by atoms with E-state index >= 15 is 0 Å². The molecule has 0 spiro atoms. The third-order valence-corrected chi connectivity index (χ3v) is 5.03. The maximum absolute atomic E-state index is 14.1. The Balaban J connectivity index is 0.00000341. The Kier molecular flexibility index (Phi) is 11.2. The van der Waals surface area contributed by atoms with Crippen LogP contribution in [0.1, 0.15) is 30.7 Å². The molecule has 6 nitrogen and oxygen atoms in total. The number of hydrogen-bond acceptors (Lipinski definition) is 4. The van der Waals surface area contributed by atoms with Crippen molar-refractivity contribution in [3.63, 3.8) is 0 Å². The topological polar surface area (TPSA) is 62.0 Å². The monoisotopic (exact) mass is 548 g/mol. The molecule has 1 aliphatic heterocycles. The van der Waals surface area contributed by atoms with Crippen molar-refractivity contribution in [1.82, 2.24) is 15.5 Å². The number of morpholine rings is 1. The van der Waals surface area contributed by atoms with Gasteiger partial charge in [-0.15, -0.1) is 24.0 Å². The lowest BCUT2D eigenvalue weighted by molar-refractivity contribution is 0.0377. The van der Waals surface area contributed by atoms with Crippen LogP contribution in [0.3, 0.4) is 0 Å². The van der Waals surface area contributed by atoms with Gasteiger partial charge in [0, 0.05) is 50.8 Å². The second-order valence-electron chi connectivity index (χ2n) is 7.33. The zero-order chi connectivity index (χ0) is 21.2. The average Bonchev–Trinajstić information content (AvgIpc) is 3.25. The Morgan fingerprint density at radius 2 is 2.03 bits per heavy atom. The Labute approximate surface area is 199 Å². The molecule has 1 unspecified atom stereocenters. The predicted octanol–water partition coefficient (Wildman–Crippen LogP) is 3.74. The normalized spacial score (nSPS) is 15.9. The van der Waals surface area contributed by atoms with Gasteiger partial charge in [0.2, 0.25) is 0 Å². The molecular weight excluding hydrogens is 517 g/mol. The highest BCUT2D eigenvalue weighted by Crippen LogP contribution is 2.17. The summed E-state index contributed by atoms with van der Waals surface area (Å²) in [7, 11) is 0. The summed E-state index contributed by atoms with van der Waals surface area (Å²) in [5.74, 6) is 0.320. The highest BCUT2D eigenvalue weighted by atomic mass is 127. The van der Waals surface area contributed by atoms with E-state index in [9.17, 15) is 8.78 Å². The number of benzene rings is 1. The molecule has 2 heterocycles. The summed E-state index contributed by atoms with van der Waals surface area (Å²) in [6, 6.07) is 7.04. The summed E-state index contributed by atoms with van der Waals surface area (Å²) in [5, 5.41) is 6.50. The molecule has 0 aliphatic carbocycles. The second-order valence-corrected chi connectivity index (χ2v) is 7.33. The molecule has 0 radical (unpaired) electrons. The molecule has 2 N–H and O–H groups in total. The van der Waals surface area contributed by atoms with E-state index < -0.39 is 11.6 Å². The van der Waals surface area contributed by atoms with Crippen LogP contribution in [0.2, 0.25) is 0 Å². The van der Waals surface area contributed by atoms with Crippen molar-refractivity contribution in [1.29, 1.82) is 0 Å². The van der Waals surface area contributed by atoms with Crippen LogP contribution in [0, 0.1) is 11.6 Å². The van der Waals surface area contributed by atoms with Gasteiger partial charge in [0.1, 0.15) is 17.4 Å². The number of halogens is 3. The largest absolute Gasteiger partial charge is 0.469 e. The van der Waals surface area contributed by atoms with Gasteiger partial charge in [-0.25, -0.2) is 8.78 Å². The summed E-state index contributed by atoms with van der Waals surface area (Å²) in [4.78, 5) is 7.02. The third kappa shape index (κ3) is 8.74. The first-order valence-electron chi connectivity index (χ1n) is 10.4. The van der Waals surface area contributed by atoms with Crippen LogP contribution in [-0.4, -0.2) is 56.8 Å². The molecule has 31 heavy (non-hydrogen) atoms. The van der Waals surface area contributed by atoms with Gasteiger partial charge in [-0.3, -0.25) is 9.89 Å². The number of rotatable bonds is 9. The van der Waals surface area contributed by atoms with Gasteiger partial charge in [0.15, 0.2) is 5.96 Å². The SMILES string of the molecule is CC(NC(=NCCCN1CCOCC1)NCCc1ccco1)c1ccc(F)cc1F.I. The molecular formula is C22H31F2IN4O2. The first-order chi connectivity index (χ1) is 14.6. The average molecular weight is 548 g/mol. The molecule has 172 valence electrons. The van der Waals surface area contributed by atoms with Crippen LogP contribution in [0.5, 0.6) is 0 Å². The fraction of sp³-hybridized carbons (Fsp3) is 0.500. The lowest BCUT2D eigenvalue weighted by Gasteiger charge is -2.26. The minimum atomic E-state index is -0.586. The van der Waals surface area contributed by atoms with Gasteiger partial charge < -0.3 is 19.8 Å². The highest BCUT2D eigenvalue weighted by molar-refractivity contribution is 14.0.